The van der Waals surface area contributed by atoms with E-state index < -0.39 is 111 Å². The molecule has 19 heteroatoms. The van der Waals surface area contributed by atoms with E-state index in [2.05, 4.69) is 9.71 Å². The Bertz CT molecular complexity index is 2530. The Morgan fingerprint density at radius 3 is 2.43 bits per heavy atom. The molecule has 1 aromatic carbocycles. The van der Waals surface area contributed by atoms with Crippen LogP contribution in [0.4, 0.5) is 13.2 Å². The number of thiazole rings is 1. The topological polar surface area (TPSA) is 180 Å². The zero-order valence-corrected chi connectivity index (χ0v) is 41.2. The van der Waals surface area contributed by atoms with E-state index >= 15 is 4.79 Å². The van der Waals surface area contributed by atoms with Gasteiger partial charge in [0.15, 0.2) is 5.78 Å². The van der Waals surface area contributed by atoms with Crippen LogP contribution in [0.3, 0.4) is 0 Å². The zero-order chi connectivity index (χ0) is 49.5. The summed E-state index contributed by atoms with van der Waals surface area (Å²) in [4.78, 5) is 68.9. The minimum atomic E-state index is -4.93. The number of carbonyl (C=O) groups excluding carboxylic acids is 4. The van der Waals surface area contributed by atoms with Gasteiger partial charge in [-0.3, -0.25) is 23.9 Å². The highest BCUT2D eigenvalue weighted by Crippen LogP contribution is 2.58. The highest BCUT2D eigenvalue weighted by atomic mass is 32.2. The molecule has 374 valence electrons. The second kappa shape index (κ2) is 19.7. The Kier molecular flexibility index (Phi) is 14.4. The van der Waals surface area contributed by atoms with Crippen LogP contribution in [0.25, 0.3) is 22.0 Å². The summed E-state index contributed by atoms with van der Waals surface area (Å²) < 4.78 is 94.7. The lowest BCUT2D eigenvalue weighted by Gasteiger charge is -2.38. The Labute approximate surface area is 405 Å². The number of pyridine rings is 1. The quantitative estimate of drug-likeness (QED) is 0.135. The molecule has 2 aromatic heterocycles. The highest BCUT2D eigenvalue weighted by Gasteiger charge is 2.63. The first-order valence-electron chi connectivity index (χ1n) is 23.9. The van der Waals surface area contributed by atoms with E-state index in [0.29, 0.717) is 60.0 Å². The number of rotatable bonds is 12. The van der Waals surface area contributed by atoms with Crippen molar-refractivity contribution in [1.29, 1.82) is 0 Å². The van der Waals surface area contributed by atoms with Crippen molar-refractivity contribution in [3.05, 3.63) is 60.1 Å². The molecule has 2 saturated heterocycles. The number of hydrogen-bond donors (Lipinski definition) is 1. The van der Waals surface area contributed by atoms with Gasteiger partial charge in [0, 0.05) is 55.1 Å². The summed E-state index contributed by atoms with van der Waals surface area (Å²) >= 11 is 1.38. The van der Waals surface area contributed by atoms with Crippen LogP contribution < -0.4 is 14.2 Å². The second-order valence-corrected chi connectivity index (χ2v) is 23.4. The molecule has 0 radical (unpaired) electrons. The number of Topliss-reactive ketones (excluding diaryl/α,β-unsaturated/α-hetero) is 1. The third-order valence-corrected chi connectivity index (χ3v) is 17.4. The number of nitrogens with zero attached hydrogens (tertiary/aromatic N) is 3. The number of alkyl halides is 3. The van der Waals surface area contributed by atoms with Gasteiger partial charge in [0.1, 0.15) is 28.3 Å². The van der Waals surface area contributed by atoms with Crippen LogP contribution in [0, 0.1) is 29.1 Å². The van der Waals surface area contributed by atoms with E-state index in [4.69, 9.17) is 23.9 Å². The van der Waals surface area contributed by atoms with Gasteiger partial charge in [-0.1, -0.05) is 26.0 Å². The van der Waals surface area contributed by atoms with E-state index in [1.165, 1.54) is 16.2 Å². The number of sulfonamides is 1. The standard InChI is InChI=1S/C50H61F3N4O10S2/c1-30(2)65-35-13-11-33(12-14-35)39-22-36(23-40(55-39)44-54-18-20-68-44)66-37-24-41-42(58)27-48(46(61)56-69(62,63)47(5)16-17-47)26-34(48)10-7-6-9-31(3)21-32(4)38(45(60)57(41)28-37)25-43(59)67-49(50(51,52)53)15-8-19-64-29-49/h7,10-14,18,20,22-23,30-32,34,37-38,41H,6,8-9,15-17,19,21,24-29H2,1-5H3,(H,56,61)/b10-7-/t31-,32-,34-,37-,38+,41+,48-,49?/m1/s1. The SMILES string of the molecule is CC(C)Oc1ccc(-c2cc(O[C@@H]3C[C@H]4C(=O)C[C@]5(C(=O)NS(=O)(=O)C6(C)CC6)C[C@H]5/C=C\CC[C@@H](C)C[C@@H](C)[C@H](CC(=O)OC5(C(F)(F)F)CCCOC5)C(=O)N4C3)cc(-c3nccs3)n2)cc1. The van der Waals surface area contributed by atoms with Crippen LogP contribution in [0.5, 0.6) is 11.5 Å². The van der Waals surface area contributed by atoms with Crippen molar-refractivity contribution in [3.63, 3.8) is 0 Å². The van der Waals surface area contributed by atoms with Crippen LogP contribution in [0.2, 0.25) is 0 Å². The lowest BCUT2D eigenvalue weighted by atomic mass is 9.82. The third kappa shape index (κ3) is 11.0. The maximum absolute atomic E-state index is 15.2. The van der Waals surface area contributed by atoms with E-state index in [1.54, 1.807) is 32.2 Å². The fourth-order valence-corrected chi connectivity index (χ4v) is 11.9. The molecule has 1 unspecified atom stereocenters. The van der Waals surface area contributed by atoms with E-state index in [-0.39, 0.29) is 44.4 Å². The number of hydrogen-bond acceptors (Lipinski definition) is 13. The molecule has 2 saturated carbocycles. The number of esters is 1. The van der Waals surface area contributed by atoms with Crippen LogP contribution >= 0.6 is 11.3 Å². The number of amides is 2. The van der Waals surface area contributed by atoms with E-state index in [1.807, 2.05) is 62.6 Å². The van der Waals surface area contributed by atoms with Gasteiger partial charge in [-0.05, 0) is 108 Å². The van der Waals surface area contributed by atoms with Gasteiger partial charge >= 0.3 is 12.1 Å². The molecule has 5 heterocycles. The van der Waals surface area contributed by atoms with Crippen LogP contribution in [-0.2, 0) is 38.7 Å². The van der Waals surface area contributed by atoms with Gasteiger partial charge in [-0.25, -0.2) is 18.4 Å². The van der Waals surface area contributed by atoms with Crippen molar-refractivity contribution < 1.29 is 59.7 Å². The molecule has 8 rings (SSSR count). The fraction of sp³-hybridized carbons (Fsp3) is 0.600. The molecule has 14 nitrogen and oxygen atoms in total. The fourth-order valence-electron chi connectivity index (χ4n) is 10.0. The molecular formula is C50H61F3N4O10S2. The number of ketones is 1. The third-order valence-electron chi connectivity index (χ3n) is 14.5. The number of halogens is 3. The molecule has 0 bridgehead atoms. The molecular weight excluding hydrogens is 938 g/mol. The van der Waals surface area contributed by atoms with Crippen molar-refractivity contribution in [1.82, 2.24) is 19.6 Å². The van der Waals surface area contributed by atoms with Crippen molar-refractivity contribution in [2.24, 2.45) is 29.1 Å². The summed E-state index contributed by atoms with van der Waals surface area (Å²) in [6, 6.07) is 9.66. The first kappa shape index (κ1) is 50.5. The number of allylic oxidation sites excluding steroid dienone is 2. The largest absolute Gasteiger partial charge is 0.491 e. The smallest absolute Gasteiger partial charge is 0.430 e. The number of carbonyl (C=O) groups is 4. The molecule has 69 heavy (non-hydrogen) atoms. The van der Waals surface area contributed by atoms with Gasteiger partial charge in [0.2, 0.25) is 27.4 Å². The van der Waals surface area contributed by atoms with Crippen molar-refractivity contribution in [3.8, 4) is 33.5 Å². The van der Waals surface area contributed by atoms with Crippen LogP contribution in [0.1, 0.15) is 105 Å². The first-order valence-corrected chi connectivity index (χ1v) is 26.3. The number of ether oxygens (including phenoxy) is 4. The monoisotopic (exact) mass is 998 g/mol. The first-order chi connectivity index (χ1) is 32.6. The molecule has 1 N–H and O–H groups in total. The summed E-state index contributed by atoms with van der Waals surface area (Å²) in [6.45, 7) is 8.27. The Hall–Kier alpha value is -4.88. The Morgan fingerprint density at radius 2 is 1.78 bits per heavy atom. The summed E-state index contributed by atoms with van der Waals surface area (Å²) in [5, 5.41) is 2.43. The van der Waals surface area contributed by atoms with Crippen molar-refractivity contribution in [2.75, 3.05) is 19.8 Å². The summed E-state index contributed by atoms with van der Waals surface area (Å²) in [7, 11) is -4.06. The summed E-state index contributed by atoms with van der Waals surface area (Å²) in [5.74, 6) is -4.30. The minimum Gasteiger partial charge on any atom is -0.491 e. The highest BCUT2D eigenvalue weighted by molar-refractivity contribution is 7.91. The van der Waals surface area contributed by atoms with E-state index in [0.717, 1.165) is 5.56 Å². The van der Waals surface area contributed by atoms with Gasteiger partial charge < -0.3 is 23.8 Å². The van der Waals surface area contributed by atoms with Crippen molar-refractivity contribution >= 4 is 44.9 Å². The predicted molar refractivity (Wildman–Crippen MR) is 250 cm³/mol. The maximum atomic E-state index is 15.2. The predicted octanol–water partition coefficient (Wildman–Crippen LogP) is 8.64. The second-order valence-electron chi connectivity index (χ2n) is 20.3. The van der Waals surface area contributed by atoms with Crippen LogP contribution in [-0.4, -0.2) is 101 Å². The van der Waals surface area contributed by atoms with Gasteiger partial charge in [0.05, 0.1) is 53.5 Å². The lowest BCUT2D eigenvalue weighted by Crippen LogP contribution is -2.55. The van der Waals surface area contributed by atoms with Gasteiger partial charge in [0.25, 0.3) is 0 Å². The number of fused-ring (bicyclic) bond motifs is 2. The molecule has 8 atom stereocenters. The Balaban J connectivity index is 1.14. The number of benzene rings is 1. The number of nitrogens with one attached hydrogen (secondary N) is 1. The minimum absolute atomic E-state index is 0.00927. The molecule has 5 aliphatic rings. The maximum Gasteiger partial charge on any atom is 0.430 e. The zero-order valence-electron chi connectivity index (χ0n) is 39.6. The Morgan fingerprint density at radius 1 is 1.04 bits per heavy atom. The number of aromatic nitrogens is 2. The molecule has 4 fully saturated rings. The molecule has 2 aliphatic carbocycles. The average molecular weight is 999 g/mol. The lowest BCUT2D eigenvalue weighted by molar-refractivity contribution is -0.295. The van der Waals surface area contributed by atoms with Crippen molar-refractivity contribution in [2.45, 2.75) is 140 Å². The molecule has 0 spiro atoms. The normalized spacial score (nSPS) is 30.0. The molecule has 3 aromatic rings. The summed E-state index contributed by atoms with van der Waals surface area (Å²) in [5.41, 5.74) is -2.47. The summed E-state index contributed by atoms with van der Waals surface area (Å²) in [6.07, 6.45) is 0.710. The van der Waals surface area contributed by atoms with E-state index in [9.17, 15) is 36.0 Å². The van der Waals surface area contributed by atoms with Crippen LogP contribution in [0.15, 0.2) is 60.1 Å². The average Bonchev–Trinajstić information content (AvgIpc) is 4.04. The molecule has 3 aliphatic heterocycles. The van der Waals surface area contributed by atoms with Gasteiger partial charge in [-0.2, -0.15) is 13.2 Å². The van der Waals surface area contributed by atoms with Gasteiger partial charge in [-0.15, -0.1) is 11.3 Å². The molecule has 2 amide bonds.